The molecule has 12 nitrogen and oxygen atoms in total. The molecule has 2 N–H and O–H groups in total. The average molecular weight is 729 g/mol. The van der Waals surface area contributed by atoms with E-state index in [2.05, 4.69) is 63.4 Å². The minimum Gasteiger partial charge on any atom is -0.359 e. The van der Waals surface area contributed by atoms with E-state index in [1.165, 1.54) is 0 Å². The Hall–Kier alpha value is -4.56. The van der Waals surface area contributed by atoms with Crippen molar-refractivity contribution in [3.05, 3.63) is 105 Å². The predicted octanol–water partition coefficient (Wildman–Crippen LogP) is 3.27. The van der Waals surface area contributed by atoms with Crippen molar-refractivity contribution in [1.82, 2.24) is 49.3 Å². The molecule has 282 valence electrons. The normalized spacial score (nSPS) is 18.8. The molecule has 2 aliphatic heterocycles. The number of fused-ring (bicyclic) bond motifs is 6. The Labute approximate surface area is 316 Å². The molecule has 2 fully saturated rings. The van der Waals surface area contributed by atoms with Crippen LogP contribution in [-0.2, 0) is 13.1 Å². The highest BCUT2D eigenvalue weighted by Gasteiger charge is 2.20. The van der Waals surface area contributed by atoms with E-state index in [4.69, 9.17) is 0 Å². The maximum absolute atomic E-state index is 13.7. The molecule has 2 saturated heterocycles. The van der Waals surface area contributed by atoms with Crippen molar-refractivity contribution in [3.8, 4) is 0 Å². The third-order valence-electron chi connectivity index (χ3n) is 11.6. The van der Waals surface area contributed by atoms with Crippen molar-refractivity contribution < 1.29 is 0 Å². The Morgan fingerprint density at radius 2 is 0.907 bits per heavy atom. The first-order valence-corrected chi connectivity index (χ1v) is 19.4. The van der Waals surface area contributed by atoms with Crippen LogP contribution in [0.1, 0.15) is 11.1 Å². The van der Waals surface area contributed by atoms with Crippen molar-refractivity contribution in [2.75, 3.05) is 106 Å². The van der Waals surface area contributed by atoms with Crippen LogP contribution in [0.5, 0.6) is 0 Å². The smallest absolute Gasteiger partial charge is 0.193 e. The van der Waals surface area contributed by atoms with Crippen LogP contribution in [0.4, 0.5) is 0 Å². The van der Waals surface area contributed by atoms with Gasteiger partial charge in [-0.1, -0.05) is 24.3 Å². The number of aromatic amines is 2. The zero-order valence-electron chi connectivity index (χ0n) is 31.6. The summed E-state index contributed by atoms with van der Waals surface area (Å²) in [6.45, 7) is 14.8. The van der Waals surface area contributed by atoms with Crippen LogP contribution >= 0.6 is 0 Å². The standard InChI is InChI=1S/C42H52N10O2/c1-47-13-17-49(23-25-51(19-15-47)29-33-27-45-39-35(41(33)53)9-7-31-5-3-11-43-37(31)39)21-22-50-18-14-48(2)16-20-52(26-24-50)30-34-28-46-40-36(42(34)54)10-8-32-6-4-12-44-38(32)40/h3-12,27-28H,13-26,29-30H2,1-2H3,(H,45,53)(H,46,54). The minimum atomic E-state index is 0.0875. The van der Waals surface area contributed by atoms with E-state index in [9.17, 15) is 9.59 Å². The van der Waals surface area contributed by atoms with Gasteiger partial charge < -0.3 is 19.8 Å². The molecule has 0 atom stereocenters. The second kappa shape index (κ2) is 16.4. The highest BCUT2D eigenvalue weighted by Crippen LogP contribution is 2.21. The van der Waals surface area contributed by atoms with Crippen LogP contribution in [0.2, 0.25) is 0 Å². The summed E-state index contributed by atoms with van der Waals surface area (Å²) in [5.74, 6) is 0. The Morgan fingerprint density at radius 3 is 1.35 bits per heavy atom. The number of nitrogens with zero attached hydrogens (tertiary/aromatic N) is 8. The van der Waals surface area contributed by atoms with E-state index < -0.39 is 0 Å². The van der Waals surface area contributed by atoms with Crippen LogP contribution in [0.3, 0.4) is 0 Å². The molecule has 12 heteroatoms. The molecule has 54 heavy (non-hydrogen) atoms. The Morgan fingerprint density at radius 1 is 0.519 bits per heavy atom. The van der Waals surface area contributed by atoms with Gasteiger partial charge in [0.2, 0.25) is 0 Å². The van der Waals surface area contributed by atoms with Gasteiger partial charge in [0.25, 0.3) is 0 Å². The first-order valence-electron chi connectivity index (χ1n) is 19.4. The number of aromatic nitrogens is 4. The van der Waals surface area contributed by atoms with Crippen LogP contribution in [-0.4, -0.2) is 155 Å². The maximum Gasteiger partial charge on any atom is 0.193 e. The van der Waals surface area contributed by atoms with Gasteiger partial charge >= 0.3 is 0 Å². The number of rotatable bonds is 7. The Balaban J connectivity index is 0.905. The average Bonchev–Trinajstić information content (AvgIpc) is 3.34. The predicted molar refractivity (Wildman–Crippen MR) is 218 cm³/mol. The van der Waals surface area contributed by atoms with Gasteiger partial charge in [-0.05, 0) is 38.4 Å². The number of likely N-dealkylation sites (N-methyl/N-ethyl adjacent to an activating group) is 2. The summed E-state index contributed by atoms with van der Waals surface area (Å²) in [6.07, 6.45) is 7.34. The highest BCUT2D eigenvalue weighted by molar-refractivity contribution is 6.03. The summed E-state index contributed by atoms with van der Waals surface area (Å²) >= 11 is 0. The van der Waals surface area contributed by atoms with Crippen molar-refractivity contribution in [2.45, 2.75) is 13.1 Å². The number of pyridine rings is 4. The monoisotopic (exact) mass is 728 g/mol. The van der Waals surface area contributed by atoms with E-state index in [1.807, 2.05) is 60.9 Å². The second-order valence-electron chi connectivity index (χ2n) is 15.3. The fourth-order valence-electron chi connectivity index (χ4n) is 8.00. The fraction of sp³-hybridized carbons (Fsp3) is 0.429. The zero-order valence-corrected chi connectivity index (χ0v) is 31.6. The summed E-state index contributed by atoms with van der Waals surface area (Å²) in [5, 5.41) is 3.45. The molecule has 8 rings (SSSR count). The van der Waals surface area contributed by atoms with Crippen molar-refractivity contribution in [3.63, 3.8) is 0 Å². The van der Waals surface area contributed by atoms with E-state index >= 15 is 0 Å². The van der Waals surface area contributed by atoms with Gasteiger partial charge in [-0.2, -0.15) is 0 Å². The van der Waals surface area contributed by atoms with Gasteiger partial charge in [-0.25, -0.2) is 0 Å². The van der Waals surface area contributed by atoms with Gasteiger partial charge in [0.05, 0.1) is 22.1 Å². The molecule has 6 aromatic rings. The van der Waals surface area contributed by atoms with E-state index in [0.717, 1.165) is 136 Å². The van der Waals surface area contributed by atoms with E-state index in [1.54, 1.807) is 12.4 Å². The summed E-state index contributed by atoms with van der Waals surface area (Å²) < 4.78 is 0. The van der Waals surface area contributed by atoms with Crippen molar-refractivity contribution in [2.24, 2.45) is 0 Å². The molecule has 0 radical (unpaired) electrons. The fourth-order valence-corrected chi connectivity index (χ4v) is 8.00. The minimum absolute atomic E-state index is 0.0875. The first kappa shape index (κ1) is 36.4. The molecule has 0 unspecified atom stereocenters. The van der Waals surface area contributed by atoms with Crippen LogP contribution in [0.25, 0.3) is 43.6 Å². The molecule has 2 aliphatic rings. The van der Waals surface area contributed by atoms with Crippen LogP contribution in [0.15, 0.2) is 82.9 Å². The zero-order chi connectivity index (χ0) is 37.0. The summed E-state index contributed by atoms with van der Waals surface area (Å²) in [5.41, 5.74) is 5.05. The first-order chi connectivity index (χ1) is 26.4. The summed E-state index contributed by atoms with van der Waals surface area (Å²) in [6, 6.07) is 15.7. The van der Waals surface area contributed by atoms with Gasteiger partial charge in [-0.3, -0.25) is 39.2 Å². The van der Waals surface area contributed by atoms with Gasteiger partial charge in [0.15, 0.2) is 10.9 Å². The number of hydrogen-bond donors (Lipinski definition) is 2. The van der Waals surface area contributed by atoms with Crippen molar-refractivity contribution >= 4 is 43.6 Å². The number of hydrogen-bond acceptors (Lipinski definition) is 10. The van der Waals surface area contributed by atoms with Crippen LogP contribution < -0.4 is 10.9 Å². The lowest BCUT2D eigenvalue weighted by atomic mass is 10.1. The lowest BCUT2D eigenvalue weighted by molar-refractivity contribution is 0.168. The molecule has 6 heterocycles. The van der Waals surface area contributed by atoms with Gasteiger partial charge in [0.1, 0.15) is 0 Å². The maximum atomic E-state index is 13.7. The third-order valence-corrected chi connectivity index (χ3v) is 11.6. The third kappa shape index (κ3) is 8.09. The van der Waals surface area contributed by atoms with Crippen LogP contribution in [0, 0.1) is 0 Å². The Kier molecular flexibility index (Phi) is 11.1. The SMILES string of the molecule is CN1CCN(CCN2CCN(C)CCN(Cc3c[nH]c4c(ccc5cccnc54)c3=O)CC2)CCN(Cc2c[nH]c3c(ccc4cccnc43)c2=O)CC1. The number of H-pyrrole nitrogens is 2. The van der Waals surface area contributed by atoms with Crippen molar-refractivity contribution in [1.29, 1.82) is 0 Å². The molecule has 0 aliphatic carbocycles. The molecule has 4 aromatic heterocycles. The van der Waals surface area contributed by atoms with E-state index in [0.29, 0.717) is 23.9 Å². The molecular weight excluding hydrogens is 677 g/mol. The lowest BCUT2D eigenvalue weighted by Gasteiger charge is -2.30. The Bertz CT molecular complexity index is 2190. The topological polar surface area (TPSA) is 111 Å². The molecule has 0 bridgehead atoms. The van der Waals surface area contributed by atoms with Gasteiger partial charge in [0, 0.05) is 162 Å². The molecule has 2 aromatic carbocycles. The number of benzene rings is 2. The molecule has 0 saturated carbocycles. The molecular formula is C42H52N10O2. The summed E-state index contributed by atoms with van der Waals surface area (Å²) in [4.78, 5) is 58.2. The molecule has 0 amide bonds. The molecule has 0 spiro atoms. The quantitative estimate of drug-likeness (QED) is 0.238. The second-order valence-corrected chi connectivity index (χ2v) is 15.3. The highest BCUT2D eigenvalue weighted by atomic mass is 16.1. The largest absolute Gasteiger partial charge is 0.359 e. The summed E-state index contributed by atoms with van der Waals surface area (Å²) in [7, 11) is 4.41. The van der Waals surface area contributed by atoms with Gasteiger partial charge in [-0.15, -0.1) is 0 Å². The van der Waals surface area contributed by atoms with E-state index in [-0.39, 0.29) is 10.9 Å². The number of nitrogens with one attached hydrogen (secondary N) is 2. The lowest BCUT2D eigenvalue weighted by Crippen LogP contribution is -2.43.